The van der Waals surface area contributed by atoms with Crippen LogP contribution in [0.2, 0.25) is 0 Å². The number of hydrogen-bond acceptors (Lipinski definition) is 6. The number of oxazole rings is 1. The number of aromatic nitrogens is 1. The summed E-state index contributed by atoms with van der Waals surface area (Å²) >= 11 is 0. The summed E-state index contributed by atoms with van der Waals surface area (Å²) < 4.78 is 17.4. The Hall–Kier alpha value is -5.11. The number of rotatable bonds is 12. The lowest BCUT2D eigenvalue weighted by Gasteiger charge is -2.16. The molecule has 0 fully saturated rings. The van der Waals surface area contributed by atoms with E-state index in [-0.39, 0.29) is 13.0 Å². The molecule has 0 saturated heterocycles. The van der Waals surface area contributed by atoms with Crippen LogP contribution in [0.15, 0.2) is 101 Å². The Morgan fingerprint density at radius 2 is 1.63 bits per heavy atom. The van der Waals surface area contributed by atoms with E-state index in [2.05, 4.69) is 10.3 Å². The first-order chi connectivity index (χ1) is 20.0. The van der Waals surface area contributed by atoms with Crippen molar-refractivity contribution < 1.29 is 28.6 Å². The molecule has 41 heavy (non-hydrogen) atoms. The number of nitrogens with one attached hydrogen (secondary N) is 1. The van der Waals surface area contributed by atoms with E-state index in [0.717, 1.165) is 33.4 Å². The van der Waals surface area contributed by atoms with Crippen LogP contribution in [0.4, 0.5) is 0 Å². The van der Waals surface area contributed by atoms with Crippen LogP contribution < -0.4 is 14.8 Å². The van der Waals surface area contributed by atoms with Crippen LogP contribution in [-0.2, 0) is 22.4 Å². The van der Waals surface area contributed by atoms with Crippen molar-refractivity contribution in [3.8, 4) is 23.0 Å². The van der Waals surface area contributed by atoms with Gasteiger partial charge in [0.05, 0.1) is 12.3 Å². The number of carboxylic acid groups (broad SMARTS) is 1. The molecule has 0 aliphatic heterocycles. The Bertz CT molecular complexity index is 1620. The Morgan fingerprint density at radius 3 is 2.41 bits per heavy atom. The normalized spacial score (nSPS) is 11.6. The van der Waals surface area contributed by atoms with Crippen LogP contribution in [-0.4, -0.2) is 41.2 Å². The van der Waals surface area contributed by atoms with Crippen molar-refractivity contribution in [2.45, 2.75) is 25.8 Å². The standard InChI is InChI=1S/C33H30N2O6/c1-22-28(35-32(41-22)25-9-3-2-4-10-25)18-19-39-26-16-14-23(15-17-26)20-29(33(37)38)34-31(36)21-40-30-13-7-11-24-8-5-6-12-27(24)30/h2-17,29H,18-21H2,1H3,(H,34,36)(H,37,38)/t29-/m0/s1. The average molecular weight is 551 g/mol. The van der Waals surface area contributed by atoms with Gasteiger partial charge in [0.1, 0.15) is 23.3 Å². The molecule has 4 aromatic carbocycles. The number of hydrogen-bond donors (Lipinski definition) is 2. The van der Waals surface area contributed by atoms with Gasteiger partial charge in [-0.15, -0.1) is 0 Å². The number of carboxylic acids is 1. The van der Waals surface area contributed by atoms with Crippen molar-refractivity contribution in [1.82, 2.24) is 10.3 Å². The Labute approximate surface area is 237 Å². The van der Waals surface area contributed by atoms with Gasteiger partial charge in [0.25, 0.3) is 5.91 Å². The maximum atomic E-state index is 12.5. The minimum Gasteiger partial charge on any atom is -0.493 e. The lowest BCUT2D eigenvalue weighted by atomic mass is 10.1. The molecule has 0 spiro atoms. The molecule has 5 aromatic rings. The van der Waals surface area contributed by atoms with E-state index in [9.17, 15) is 14.7 Å². The quantitative estimate of drug-likeness (QED) is 0.208. The number of aryl methyl sites for hydroxylation is 1. The van der Waals surface area contributed by atoms with Gasteiger partial charge in [-0.2, -0.15) is 0 Å². The predicted molar refractivity (Wildman–Crippen MR) is 155 cm³/mol. The number of nitrogens with zero attached hydrogens (tertiary/aromatic N) is 1. The first-order valence-electron chi connectivity index (χ1n) is 13.3. The molecule has 8 heteroatoms. The molecule has 0 bridgehead atoms. The average Bonchev–Trinajstić information content (AvgIpc) is 3.37. The van der Waals surface area contributed by atoms with Crippen LogP contribution >= 0.6 is 0 Å². The van der Waals surface area contributed by atoms with Crippen molar-refractivity contribution in [1.29, 1.82) is 0 Å². The second kappa shape index (κ2) is 12.8. The highest BCUT2D eigenvalue weighted by Crippen LogP contribution is 2.25. The molecule has 0 radical (unpaired) electrons. The molecule has 208 valence electrons. The fraction of sp³-hybridized carbons (Fsp3) is 0.182. The summed E-state index contributed by atoms with van der Waals surface area (Å²) in [6.07, 6.45) is 0.702. The van der Waals surface area contributed by atoms with E-state index in [0.29, 0.717) is 30.4 Å². The SMILES string of the molecule is Cc1oc(-c2ccccc2)nc1CCOc1ccc(C[C@H](NC(=O)COc2cccc3ccccc23)C(=O)O)cc1. The van der Waals surface area contributed by atoms with Gasteiger partial charge >= 0.3 is 5.97 Å². The van der Waals surface area contributed by atoms with E-state index in [1.165, 1.54) is 0 Å². The maximum Gasteiger partial charge on any atom is 0.326 e. The van der Waals surface area contributed by atoms with E-state index >= 15 is 0 Å². The molecule has 5 rings (SSSR count). The number of aliphatic carboxylic acids is 1. The van der Waals surface area contributed by atoms with E-state index in [1.807, 2.05) is 73.7 Å². The molecule has 0 unspecified atom stereocenters. The van der Waals surface area contributed by atoms with Gasteiger partial charge in [-0.05, 0) is 48.2 Å². The Morgan fingerprint density at radius 1 is 0.902 bits per heavy atom. The van der Waals surface area contributed by atoms with Gasteiger partial charge in [0, 0.05) is 23.8 Å². The summed E-state index contributed by atoms with van der Waals surface area (Å²) in [6.45, 7) is 2.00. The monoisotopic (exact) mass is 550 g/mol. The van der Waals surface area contributed by atoms with Crippen molar-refractivity contribution in [3.05, 3.63) is 114 Å². The van der Waals surface area contributed by atoms with Crippen LogP contribution in [0.1, 0.15) is 17.0 Å². The maximum absolute atomic E-state index is 12.5. The van der Waals surface area contributed by atoms with Crippen LogP contribution in [0.5, 0.6) is 11.5 Å². The van der Waals surface area contributed by atoms with Gasteiger partial charge < -0.3 is 24.3 Å². The fourth-order valence-electron chi connectivity index (χ4n) is 4.49. The zero-order valence-corrected chi connectivity index (χ0v) is 22.6. The predicted octanol–water partition coefficient (Wildman–Crippen LogP) is 5.62. The third-order valence-corrected chi connectivity index (χ3v) is 6.63. The summed E-state index contributed by atoms with van der Waals surface area (Å²) in [5.41, 5.74) is 2.51. The van der Waals surface area contributed by atoms with E-state index in [1.54, 1.807) is 30.3 Å². The van der Waals surface area contributed by atoms with E-state index in [4.69, 9.17) is 13.9 Å². The van der Waals surface area contributed by atoms with Crippen molar-refractivity contribution in [2.75, 3.05) is 13.2 Å². The van der Waals surface area contributed by atoms with Crippen molar-refractivity contribution in [3.63, 3.8) is 0 Å². The number of ether oxygens (including phenoxy) is 2. The second-order valence-electron chi connectivity index (χ2n) is 9.56. The molecular weight excluding hydrogens is 520 g/mol. The van der Waals surface area contributed by atoms with Crippen molar-refractivity contribution in [2.24, 2.45) is 0 Å². The van der Waals surface area contributed by atoms with Crippen molar-refractivity contribution >= 4 is 22.6 Å². The molecular formula is C33H30N2O6. The molecule has 2 N–H and O–H groups in total. The number of carbonyl (C=O) groups excluding carboxylic acids is 1. The lowest BCUT2D eigenvalue weighted by molar-refractivity contribution is -0.142. The smallest absolute Gasteiger partial charge is 0.326 e. The molecule has 0 saturated carbocycles. The molecule has 0 aliphatic rings. The zero-order valence-electron chi connectivity index (χ0n) is 22.6. The highest BCUT2D eigenvalue weighted by molar-refractivity contribution is 5.89. The minimum absolute atomic E-state index is 0.121. The summed E-state index contributed by atoms with van der Waals surface area (Å²) in [5, 5.41) is 14.1. The van der Waals surface area contributed by atoms with Gasteiger partial charge in [-0.1, -0.05) is 66.7 Å². The van der Waals surface area contributed by atoms with Gasteiger partial charge in [-0.25, -0.2) is 9.78 Å². The van der Waals surface area contributed by atoms with Gasteiger partial charge in [0.2, 0.25) is 5.89 Å². The first kappa shape index (κ1) is 27.5. The highest BCUT2D eigenvalue weighted by atomic mass is 16.5. The molecule has 1 atom stereocenters. The molecule has 0 aliphatic carbocycles. The number of benzene rings is 4. The number of amides is 1. The summed E-state index contributed by atoms with van der Waals surface area (Å²) in [4.78, 5) is 29.0. The third-order valence-electron chi connectivity index (χ3n) is 6.63. The van der Waals surface area contributed by atoms with E-state index < -0.39 is 17.9 Å². The summed E-state index contributed by atoms with van der Waals surface area (Å²) in [6, 6.07) is 29.0. The topological polar surface area (TPSA) is 111 Å². The molecule has 1 aromatic heterocycles. The lowest BCUT2D eigenvalue weighted by Crippen LogP contribution is -2.44. The van der Waals surface area contributed by atoms with Crippen LogP contribution in [0.25, 0.3) is 22.2 Å². The summed E-state index contributed by atoms with van der Waals surface area (Å²) in [5.74, 6) is 0.925. The largest absolute Gasteiger partial charge is 0.493 e. The molecule has 1 amide bonds. The second-order valence-corrected chi connectivity index (χ2v) is 9.56. The Balaban J connectivity index is 1.11. The van der Waals surface area contributed by atoms with Gasteiger partial charge in [0.15, 0.2) is 6.61 Å². The van der Waals surface area contributed by atoms with Gasteiger partial charge in [-0.3, -0.25) is 4.79 Å². The molecule has 8 nitrogen and oxygen atoms in total. The molecule has 1 heterocycles. The Kier molecular flexibility index (Phi) is 8.59. The first-order valence-corrected chi connectivity index (χ1v) is 13.3. The highest BCUT2D eigenvalue weighted by Gasteiger charge is 2.21. The fourth-order valence-corrected chi connectivity index (χ4v) is 4.49. The third kappa shape index (κ3) is 7.10. The number of fused-ring (bicyclic) bond motifs is 1. The zero-order chi connectivity index (χ0) is 28.6. The van der Waals surface area contributed by atoms with Crippen LogP contribution in [0, 0.1) is 6.92 Å². The summed E-state index contributed by atoms with van der Waals surface area (Å²) in [7, 11) is 0. The minimum atomic E-state index is -1.12. The number of carbonyl (C=O) groups is 2. The van der Waals surface area contributed by atoms with Crippen LogP contribution in [0.3, 0.4) is 0 Å².